The molecule has 2 aromatic rings. The third-order valence-electron chi connectivity index (χ3n) is 4.59. The zero-order valence-electron chi connectivity index (χ0n) is 16.3. The zero-order chi connectivity index (χ0) is 20.7. The Bertz CT molecular complexity index is 848. The molecular formula is C21H24N2O5. The standard InChI is InChI=1S/C21H24N2O5/c1-4-28-19-10-8-16(9-11-19)20(24)12-13-21(25)22(3)15(2)17-6-5-7-18(14-17)23(26)27/h5-11,14-15H,4,12-13H2,1-3H3/t15-/m1/s1. The van der Waals surface area contributed by atoms with E-state index in [1.54, 1.807) is 50.4 Å². The Balaban J connectivity index is 1.95. The van der Waals surface area contributed by atoms with Gasteiger partial charge in [0.1, 0.15) is 5.75 Å². The second kappa shape index (κ2) is 9.64. The molecule has 0 aliphatic rings. The number of ether oxygens (including phenoxy) is 1. The van der Waals surface area contributed by atoms with Crippen LogP contribution in [0.3, 0.4) is 0 Å². The number of hydrogen-bond acceptors (Lipinski definition) is 5. The van der Waals surface area contributed by atoms with E-state index >= 15 is 0 Å². The molecule has 0 N–H and O–H groups in total. The molecule has 7 heteroatoms. The number of nitro groups is 1. The van der Waals surface area contributed by atoms with Crippen molar-refractivity contribution in [3.63, 3.8) is 0 Å². The van der Waals surface area contributed by atoms with Crippen LogP contribution >= 0.6 is 0 Å². The molecule has 0 heterocycles. The van der Waals surface area contributed by atoms with Crippen LogP contribution in [0.2, 0.25) is 0 Å². The highest BCUT2D eigenvalue weighted by molar-refractivity contribution is 5.98. The number of rotatable bonds is 9. The molecule has 0 saturated carbocycles. The van der Waals surface area contributed by atoms with Crippen molar-refractivity contribution in [3.05, 3.63) is 69.8 Å². The first-order chi connectivity index (χ1) is 13.3. The monoisotopic (exact) mass is 384 g/mol. The number of benzene rings is 2. The number of carbonyl (C=O) groups excluding carboxylic acids is 2. The number of amides is 1. The van der Waals surface area contributed by atoms with Crippen LogP contribution < -0.4 is 4.74 Å². The summed E-state index contributed by atoms with van der Waals surface area (Å²) in [7, 11) is 1.63. The lowest BCUT2D eigenvalue weighted by molar-refractivity contribution is -0.384. The second-order valence-electron chi connectivity index (χ2n) is 6.41. The highest BCUT2D eigenvalue weighted by Gasteiger charge is 2.20. The van der Waals surface area contributed by atoms with E-state index in [1.165, 1.54) is 17.0 Å². The Kier molecular flexibility index (Phi) is 7.26. The number of nitro benzene ring substituents is 1. The SMILES string of the molecule is CCOc1ccc(C(=O)CCC(=O)N(C)[C@H](C)c2cccc([N+](=O)[O-])c2)cc1. The maximum atomic E-state index is 12.5. The van der Waals surface area contributed by atoms with Crippen molar-refractivity contribution in [1.82, 2.24) is 4.90 Å². The number of Topliss-reactive ketones (excluding diaryl/α,β-unsaturated/α-hetero) is 1. The van der Waals surface area contributed by atoms with Crippen LogP contribution in [0.5, 0.6) is 5.75 Å². The van der Waals surface area contributed by atoms with Gasteiger partial charge in [-0.1, -0.05) is 12.1 Å². The van der Waals surface area contributed by atoms with E-state index in [-0.39, 0.29) is 36.3 Å². The zero-order valence-corrected chi connectivity index (χ0v) is 16.3. The quantitative estimate of drug-likeness (QED) is 0.368. The molecule has 2 aromatic carbocycles. The van der Waals surface area contributed by atoms with Gasteiger partial charge in [0.25, 0.3) is 5.69 Å². The number of hydrogen-bond donors (Lipinski definition) is 0. The van der Waals surface area contributed by atoms with E-state index in [0.717, 1.165) is 0 Å². The van der Waals surface area contributed by atoms with Crippen LogP contribution in [0.15, 0.2) is 48.5 Å². The fraction of sp³-hybridized carbons (Fsp3) is 0.333. The predicted octanol–water partition coefficient (Wildman–Crippen LogP) is 4.18. The Morgan fingerprint density at radius 1 is 1.14 bits per heavy atom. The Morgan fingerprint density at radius 3 is 2.43 bits per heavy atom. The van der Waals surface area contributed by atoms with Crippen molar-refractivity contribution in [2.75, 3.05) is 13.7 Å². The minimum atomic E-state index is -0.465. The van der Waals surface area contributed by atoms with Crippen LogP contribution in [0.1, 0.15) is 48.7 Å². The molecule has 28 heavy (non-hydrogen) atoms. The van der Waals surface area contributed by atoms with Crippen molar-refractivity contribution >= 4 is 17.4 Å². The second-order valence-corrected chi connectivity index (χ2v) is 6.41. The van der Waals surface area contributed by atoms with Gasteiger partial charge in [0.05, 0.1) is 17.6 Å². The average molecular weight is 384 g/mol. The highest BCUT2D eigenvalue weighted by atomic mass is 16.6. The third-order valence-corrected chi connectivity index (χ3v) is 4.59. The van der Waals surface area contributed by atoms with E-state index in [4.69, 9.17) is 4.74 Å². The van der Waals surface area contributed by atoms with Gasteiger partial charge in [0.15, 0.2) is 5.78 Å². The summed E-state index contributed by atoms with van der Waals surface area (Å²) in [6.07, 6.45) is 0.167. The Labute approximate surface area is 164 Å². The molecule has 0 spiro atoms. The van der Waals surface area contributed by atoms with Crippen molar-refractivity contribution in [2.45, 2.75) is 32.7 Å². The predicted molar refractivity (Wildman–Crippen MR) is 105 cm³/mol. The van der Waals surface area contributed by atoms with Crippen molar-refractivity contribution < 1.29 is 19.2 Å². The summed E-state index contributed by atoms with van der Waals surface area (Å²) >= 11 is 0. The number of non-ortho nitro benzene ring substituents is 1. The lowest BCUT2D eigenvalue weighted by Gasteiger charge is -2.25. The third kappa shape index (κ3) is 5.39. The number of ketones is 1. The molecule has 0 saturated heterocycles. The van der Waals surface area contributed by atoms with Crippen LogP contribution in [-0.2, 0) is 4.79 Å². The lowest BCUT2D eigenvalue weighted by Crippen LogP contribution is -2.29. The topological polar surface area (TPSA) is 89.8 Å². The first-order valence-electron chi connectivity index (χ1n) is 9.09. The number of carbonyl (C=O) groups is 2. The average Bonchev–Trinajstić information content (AvgIpc) is 2.71. The van der Waals surface area contributed by atoms with Gasteiger partial charge in [0, 0.05) is 37.6 Å². The Morgan fingerprint density at radius 2 is 1.82 bits per heavy atom. The minimum Gasteiger partial charge on any atom is -0.494 e. The molecular weight excluding hydrogens is 360 g/mol. The van der Waals surface area contributed by atoms with Crippen LogP contribution in [-0.4, -0.2) is 35.2 Å². The first kappa shape index (κ1) is 21.1. The maximum absolute atomic E-state index is 12.5. The fourth-order valence-corrected chi connectivity index (χ4v) is 2.78. The van der Waals surface area contributed by atoms with Crippen molar-refractivity contribution in [3.8, 4) is 5.75 Å². The molecule has 2 rings (SSSR count). The maximum Gasteiger partial charge on any atom is 0.269 e. The van der Waals surface area contributed by atoms with E-state index in [9.17, 15) is 19.7 Å². The van der Waals surface area contributed by atoms with Crippen molar-refractivity contribution in [2.24, 2.45) is 0 Å². The lowest BCUT2D eigenvalue weighted by atomic mass is 10.0. The molecule has 0 radical (unpaired) electrons. The normalized spacial score (nSPS) is 11.5. The number of nitrogens with zero attached hydrogens (tertiary/aromatic N) is 2. The van der Waals surface area contributed by atoms with E-state index < -0.39 is 4.92 Å². The van der Waals surface area contributed by atoms with Crippen LogP contribution in [0.25, 0.3) is 0 Å². The molecule has 0 aliphatic heterocycles. The van der Waals surface area contributed by atoms with E-state index in [2.05, 4.69) is 0 Å². The molecule has 1 amide bonds. The van der Waals surface area contributed by atoms with Gasteiger partial charge < -0.3 is 9.64 Å². The van der Waals surface area contributed by atoms with Gasteiger partial charge >= 0.3 is 0 Å². The smallest absolute Gasteiger partial charge is 0.269 e. The first-order valence-corrected chi connectivity index (χ1v) is 9.09. The van der Waals surface area contributed by atoms with E-state index in [1.807, 2.05) is 6.92 Å². The van der Waals surface area contributed by atoms with Gasteiger partial charge in [-0.25, -0.2) is 0 Å². The minimum absolute atomic E-state index is 0.0177. The molecule has 0 aliphatic carbocycles. The van der Waals surface area contributed by atoms with Gasteiger partial charge in [0.2, 0.25) is 5.91 Å². The van der Waals surface area contributed by atoms with Gasteiger partial charge in [-0.3, -0.25) is 19.7 Å². The summed E-state index contributed by atoms with van der Waals surface area (Å²) in [5.41, 5.74) is 1.18. The van der Waals surface area contributed by atoms with Crippen LogP contribution in [0, 0.1) is 10.1 Å². The summed E-state index contributed by atoms with van der Waals surface area (Å²) in [5, 5.41) is 10.9. The fourth-order valence-electron chi connectivity index (χ4n) is 2.78. The summed E-state index contributed by atoms with van der Waals surface area (Å²) in [4.78, 5) is 36.8. The molecule has 1 atom stereocenters. The van der Waals surface area contributed by atoms with Gasteiger partial charge in [-0.2, -0.15) is 0 Å². The van der Waals surface area contributed by atoms with Crippen LogP contribution in [0.4, 0.5) is 5.69 Å². The highest BCUT2D eigenvalue weighted by Crippen LogP contribution is 2.24. The summed E-state index contributed by atoms with van der Waals surface area (Å²) in [6.45, 7) is 4.23. The molecule has 0 fully saturated rings. The summed E-state index contributed by atoms with van der Waals surface area (Å²) < 4.78 is 5.35. The van der Waals surface area contributed by atoms with Gasteiger partial charge in [-0.15, -0.1) is 0 Å². The molecule has 0 bridgehead atoms. The van der Waals surface area contributed by atoms with Gasteiger partial charge in [-0.05, 0) is 43.7 Å². The summed E-state index contributed by atoms with van der Waals surface area (Å²) in [6, 6.07) is 12.7. The van der Waals surface area contributed by atoms with E-state index in [0.29, 0.717) is 23.5 Å². The molecule has 0 aromatic heterocycles. The summed E-state index contributed by atoms with van der Waals surface area (Å²) in [5.74, 6) is 0.381. The largest absolute Gasteiger partial charge is 0.494 e. The Hall–Kier alpha value is -3.22. The molecule has 7 nitrogen and oxygen atoms in total. The molecule has 0 unspecified atom stereocenters. The van der Waals surface area contributed by atoms with Crippen molar-refractivity contribution in [1.29, 1.82) is 0 Å². The molecule has 148 valence electrons.